The van der Waals surface area contributed by atoms with Gasteiger partial charge in [-0.15, -0.1) is 0 Å². The third kappa shape index (κ3) is 2.84. The van der Waals surface area contributed by atoms with Gasteiger partial charge >= 0.3 is 0 Å². The van der Waals surface area contributed by atoms with E-state index in [4.69, 9.17) is 11.6 Å². The molecule has 1 fully saturated rings. The van der Waals surface area contributed by atoms with Crippen LogP contribution in [-0.2, 0) is 0 Å². The predicted molar refractivity (Wildman–Crippen MR) is 73.4 cm³/mol. The Bertz CT molecular complexity index is 448. The van der Waals surface area contributed by atoms with Gasteiger partial charge in [0.25, 0.3) is 5.56 Å². The molecule has 0 radical (unpaired) electrons. The quantitative estimate of drug-likeness (QED) is 0.868. The number of hydrogen-bond acceptors (Lipinski definition) is 4. The molecule has 1 aliphatic rings. The Balaban J connectivity index is 2.22. The lowest BCUT2D eigenvalue weighted by Crippen LogP contribution is -2.42. The Morgan fingerprint density at radius 3 is 3.22 bits per heavy atom. The molecule has 0 bridgehead atoms. The summed E-state index contributed by atoms with van der Waals surface area (Å²) in [4.78, 5) is 20.5. The van der Waals surface area contributed by atoms with Crippen molar-refractivity contribution in [3.05, 3.63) is 21.7 Å². The average molecular weight is 271 g/mol. The summed E-state index contributed by atoms with van der Waals surface area (Å²) >= 11 is 6.06. The highest BCUT2D eigenvalue weighted by molar-refractivity contribution is 6.32. The Kier molecular flexibility index (Phi) is 4.60. The molecule has 18 heavy (non-hydrogen) atoms. The van der Waals surface area contributed by atoms with Gasteiger partial charge in [0, 0.05) is 12.6 Å². The van der Waals surface area contributed by atoms with Gasteiger partial charge in [0.05, 0.1) is 6.33 Å². The molecule has 1 aromatic heterocycles. The highest BCUT2D eigenvalue weighted by Crippen LogP contribution is 2.27. The van der Waals surface area contributed by atoms with Gasteiger partial charge in [-0.2, -0.15) is 0 Å². The fraction of sp³-hybridized carbons (Fsp3) is 0.667. The molecule has 2 heterocycles. The molecule has 0 amide bonds. The summed E-state index contributed by atoms with van der Waals surface area (Å²) in [7, 11) is 1.95. The van der Waals surface area contributed by atoms with Gasteiger partial charge in [0.15, 0.2) is 5.82 Å². The van der Waals surface area contributed by atoms with Crippen LogP contribution in [0.5, 0.6) is 0 Å². The average Bonchev–Trinajstić information content (AvgIpc) is 2.40. The second-order valence-electron chi connectivity index (χ2n) is 4.60. The molecule has 0 aromatic carbocycles. The van der Waals surface area contributed by atoms with Crippen LogP contribution in [-0.4, -0.2) is 36.1 Å². The van der Waals surface area contributed by atoms with Crippen LogP contribution in [0.1, 0.15) is 25.7 Å². The lowest BCUT2D eigenvalue weighted by molar-refractivity contribution is 0.430. The van der Waals surface area contributed by atoms with Crippen molar-refractivity contribution < 1.29 is 0 Å². The lowest BCUT2D eigenvalue weighted by Gasteiger charge is -2.37. The zero-order valence-electron chi connectivity index (χ0n) is 10.6. The number of piperidine rings is 1. The van der Waals surface area contributed by atoms with Crippen LogP contribution < -0.4 is 15.8 Å². The normalized spacial score (nSPS) is 20.1. The van der Waals surface area contributed by atoms with E-state index in [1.165, 1.54) is 12.7 Å². The number of nitrogens with zero attached hydrogens (tertiary/aromatic N) is 2. The van der Waals surface area contributed by atoms with Crippen LogP contribution in [0.2, 0.25) is 5.02 Å². The maximum atomic E-state index is 11.5. The van der Waals surface area contributed by atoms with Crippen molar-refractivity contribution in [2.24, 2.45) is 0 Å². The number of aromatic nitrogens is 2. The second-order valence-corrected chi connectivity index (χ2v) is 4.98. The van der Waals surface area contributed by atoms with E-state index < -0.39 is 0 Å². The monoisotopic (exact) mass is 270 g/mol. The van der Waals surface area contributed by atoms with Crippen molar-refractivity contribution in [3.8, 4) is 0 Å². The summed E-state index contributed by atoms with van der Waals surface area (Å²) in [5.74, 6) is 0.626. The Morgan fingerprint density at radius 2 is 2.44 bits per heavy atom. The molecule has 100 valence electrons. The minimum Gasteiger partial charge on any atom is -0.352 e. The molecule has 1 aromatic rings. The van der Waals surface area contributed by atoms with Gasteiger partial charge in [0.1, 0.15) is 5.02 Å². The van der Waals surface area contributed by atoms with Crippen LogP contribution in [0.15, 0.2) is 11.1 Å². The fourth-order valence-electron chi connectivity index (χ4n) is 2.46. The van der Waals surface area contributed by atoms with Gasteiger partial charge in [-0.1, -0.05) is 11.6 Å². The third-order valence-corrected chi connectivity index (χ3v) is 3.75. The number of H-pyrrole nitrogens is 1. The van der Waals surface area contributed by atoms with Crippen LogP contribution in [0, 0.1) is 0 Å². The predicted octanol–water partition coefficient (Wildman–Crippen LogP) is 1.39. The smallest absolute Gasteiger partial charge is 0.271 e. The van der Waals surface area contributed by atoms with Gasteiger partial charge in [-0.05, 0) is 39.3 Å². The van der Waals surface area contributed by atoms with E-state index in [1.54, 1.807) is 0 Å². The first-order valence-corrected chi connectivity index (χ1v) is 6.76. The topological polar surface area (TPSA) is 61.0 Å². The molecule has 0 spiro atoms. The number of anilines is 1. The van der Waals surface area contributed by atoms with Gasteiger partial charge in [-0.3, -0.25) is 4.79 Å². The first-order chi connectivity index (χ1) is 8.74. The molecule has 1 aliphatic heterocycles. The maximum Gasteiger partial charge on any atom is 0.271 e. The van der Waals surface area contributed by atoms with E-state index in [0.29, 0.717) is 11.9 Å². The summed E-state index contributed by atoms with van der Waals surface area (Å²) < 4.78 is 0. The number of rotatable bonds is 4. The third-order valence-electron chi connectivity index (χ3n) is 3.40. The molecule has 1 saturated heterocycles. The lowest BCUT2D eigenvalue weighted by atomic mass is 9.99. The van der Waals surface area contributed by atoms with E-state index in [9.17, 15) is 4.79 Å². The summed E-state index contributed by atoms with van der Waals surface area (Å²) in [5.41, 5.74) is -0.264. The van der Waals surface area contributed by atoms with E-state index in [1.807, 2.05) is 7.05 Å². The van der Waals surface area contributed by atoms with Crippen LogP contribution in [0.25, 0.3) is 0 Å². The molecule has 1 unspecified atom stereocenters. The highest BCUT2D eigenvalue weighted by Gasteiger charge is 2.25. The molecular formula is C12H19ClN4O. The zero-order chi connectivity index (χ0) is 13.0. The number of halogens is 1. The SMILES string of the molecule is CNCCC1CCCCN1c1nc[nH]c(=O)c1Cl. The summed E-state index contributed by atoms with van der Waals surface area (Å²) in [6.45, 7) is 1.88. The van der Waals surface area contributed by atoms with E-state index in [0.717, 1.165) is 32.4 Å². The second kappa shape index (κ2) is 6.20. The molecular weight excluding hydrogens is 252 g/mol. The molecule has 2 N–H and O–H groups in total. The summed E-state index contributed by atoms with van der Waals surface area (Å²) in [5, 5.41) is 3.37. The van der Waals surface area contributed by atoms with Crippen molar-refractivity contribution in [3.63, 3.8) is 0 Å². The maximum absolute atomic E-state index is 11.5. The minimum absolute atomic E-state index is 0.203. The van der Waals surface area contributed by atoms with Crippen molar-refractivity contribution in [2.45, 2.75) is 31.7 Å². The molecule has 1 atom stereocenters. The Hall–Kier alpha value is -1.07. The highest BCUT2D eigenvalue weighted by atomic mass is 35.5. The number of nitrogens with one attached hydrogen (secondary N) is 2. The standard InChI is InChI=1S/C12H19ClN4O/c1-14-6-5-9-4-2-3-7-17(9)11-10(13)12(18)16-8-15-11/h8-9,14H,2-7H2,1H3,(H,15,16,18). The zero-order valence-corrected chi connectivity index (χ0v) is 11.3. The van der Waals surface area contributed by atoms with Gasteiger partial charge in [0.2, 0.25) is 0 Å². The van der Waals surface area contributed by atoms with Gasteiger partial charge < -0.3 is 15.2 Å². The van der Waals surface area contributed by atoms with E-state index in [2.05, 4.69) is 20.2 Å². The number of hydrogen-bond donors (Lipinski definition) is 2. The molecule has 0 saturated carbocycles. The first-order valence-electron chi connectivity index (χ1n) is 6.38. The molecule has 0 aliphatic carbocycles. The van der Waals surface area contributed by atoms with Crippen molar-refractivity contribution >= 4 is 17.4 Å². The molecule has 2 rings (SSSR count). The number of aromatic amines is 1. The largest absolute Gasteiger partial charge is 0.352 e. The Labute approximate surface area is 112 Å². The fourth-order valence-corrected chi connectivity index (χ4v) is 2.68. The van der Waals surface area contributed by atoms with Crippen LogP contribution >= 0.6 is 11.6 Å². The van der Waals surface area contributed by atoms with Crippen molar-refractivity contribution in [1.82, 2.24) is 15.3 Å². The van der Waals surface area contributed by atoms with Gasteiger partial charge in [-0.25, -0.2) is 4.98 Å². The minimum atomic E-state index is -0.264. The molecule has 5 nitrogen and oxygen atoms in total. The first kappa shape index (κ1) is 13.4. The van der Waals surface area contributed by atoms with Crippen LogP contribution in [0.3, 0.4) is 0 Å². The van der Waals surface area contributed by atoms with Crippen LogP contribution in [0.4, 0.5) is 5.82 Å². The summed E-state index contributed by atoms with van der Waals surface area (Å²) in [6, 6.07) is 0.415. The summed E-state index contributed by atoms with van der Waals surface area (Å²) in [6.07, 6.45) is 5.95. The molecule has 6 heteroatoms. The van der Waals surface area contributed by atoms with E-state index in [-0.39, 0.29) is 10.6 Å². The van der Waals surface area contributed by atoms with Crippen molar-refractivity contribution in [1.29, 1.82) is 0 Å². The Morgan fingerprint density at radius 1 is 1.61 bits per heavy atom. The van der Waals surface area contributed by atoms with E-state index >= 15 is 0 Å². The van der Waals surface area contributed by atoms with Crippen molar-refractivity contribution in [2.75, 3.05) is 25.0 Å².